The normalized spacial score (nSPS) is 49.9. The van der Waals surface area contributed by atoms with E-state index in [1.807, 2.05) is 19.1 Å². The highest BCUT2D eigenvalue weighted by Crippen LogP contribution is 2.66. The number of aliphatic hydroxyl groups excluding tert-OH is 2. The van der Waals surface area contributed by atoms with Crippen LogP contribution < -0.4 is 0 Å². The number of allylic oxidation sites excluding steroid dienone is 2. The smallest absolute Gasteiger partial charge is 0.190 e. The lowest BCUT2D eigenvalue weighted by molar-refractivity contribution is -0.168. The quantitative estimate of drug-likeness (QED) is 0.650. The van der Waals surface area contributed by atoms with Crippen LogP contribution in [-0.4, -0.2) is 45.2 Å². The second kappa shape index (κ2) is 5.60. The van der Waals surface area contributed by atoms with Crippen molar-refractivity contribution >= 4 is 11.6 Å². The van der Waals surface area contributed by atoms with Gasteiger partial charge in [0.15, 0.2) is 5.78 Å². The predicted molar refractivity (Wildman–Crippen MR) is 95.0 cm³/mol. The molecule has 142 valence electrons. The third-order valence-electron chi connectivity index (χ3n) is 8.12. The van der Waals surface area contributed by atoms with E-state index in [1.54, 1.807) is 6.08 Å². The van der Waals surface area contributed by atoms with Gasteiger partial charge in [-0.05, 0) is 37.5 Å². The molecule has 0 aliphatic heterocycles. The van der Waals surface area contributed by atoms with E-state index in [0.29, 0.717) is 12.8 Å². The molecular weight excluding hydrogens is 332 g/mol. The van der Waals surface area contributed by atoms with Crippen molar-refractivity contribution in [1.29, 1.82) is 0 Å². The number of carbonyl (C=O) groups excluding carboxylic acids is 2. The number of carbonyl (C=O) groups is 2. The van der Waals surface area contributed by atoms with Crippen LogP contribution in [-0.2, 0) is 9.59 Å². The van der Waals surface area contributed by atoms with E-state index in [-0.39, 0.29) is 35.4 Å². The van der Waals surface area contributed by atoms with Gasteiger partial charge < -0.3 is 15.3 Å². The Balaban J connectivity index is 1.75. The van der Waals surface area contributed by atoms with Gasteiger partial charge in [0.25, 0.3) is 0 Å². The molecule has 0 spiro atoms. The Morgan fingerprint density at radius 2 is 2.04 bits per heavy atom. The third kappa shape index (κ3) is 2.08. The van der Waals surface area contributed by atoms with Gasteiger partial charge >= 0.3 is 0 Å². The second-order valence-corrected chi connectivity index (χ2v) is 9.15. The maximum atomic E-state index is 13.3. The molecule has 4 aliphatic carbocycles. The van der Waals surface area contributed by atoms with Crippen LogP contribution in [0.15, 0.2) is 23.8 Å². The zero-order chi connectivity index (χ0) is 18.9. The maximum Gasteiger partial charge on any atom is 0.190 e. The average Bonchev–Trinajstić information content (AvgIpc) is 2.86. The Labute approximate surface area is 153 Å². The van der Waals surface area contributed by atoms with Crippen LogP contribution in [0.2, 0.25) is 0 Å². The van der Waals surface area contributed by atoms with Crippen molar-refractivity contribution in [2.45, 2.75) is 57.7 Å². The van der Waals surface area contributed by atoms with Crippen molar-refractivity contribution in [3.05, 3.63) is 23.8 Å². The van der Waals surface area contributed by atoms with Gasteiger partial charge in [-0.2, -0.15) is 0 Å². The van der Waals surface area contributed by atoms with Gasteiger partial charge in [0.05, 0.1) is 6.10 Å². The fraction of sp³-hybridized carbons (Fsp3) is 0.714. The van der Waals surface area contributed by atoms with Crippen molar-refractivity contribution in [3.63, 3.8) is 0 Å². The Bertz CT molecular complexity index is 724. The van der Waals surface area contributed by atoms with Gasteiger partial charge in [0.1, 0.15) is 18.0 Å². The topological polar surface area (TPSA) is 94.8 Å². The van der Waals surface area contributed by atoms with E-state index in [2.05, 4.69) is 6.92 Å². The third-order valence-corrected chi connectivity index (χ3v) is 8.12. The minimum atomic E-state index is -1.61. The number of fused-ring (bicyclic) bond motifs is 5. The van der Waals surface area contributed by atoms with Crippen molar-refractivity contribution in [2.24, 2.45) is 28.6 Å². The zero-order valence-electron chi connectivity index (χ0n) is 15.4. The fourth-order valence-corrected chi connectivity index (χ4v) is 6.74. The second-order valence-electron chi connectivity index (χ2n) is 9.15. The molecule has 0 aromatic carbocycles. The summed E-state index contributed by atoms with van der Waals surface area (Å²) in [5, 5.41) is 30.4. The highest BCUT2D eigenvalue weighted by atomic mass is 16.3. The summed E-state index contributed by atoms with van der Waals surface area (Å²) in [6, 6.07) is 0. The zero-order valence-corrected chi connectivity index (χ0v) is 15.4. The summed E-state index contributed by atoms with van der Waals surface area (Å²) in [6.45, 7) is 3.26. The van der Waals surface area contributed by atoms with Crippen LogP contribution in [0.3, 0.4) is 0 Å². The Morgan fingerprint density at radius 1 is 1.31 bits per heavy atom. The average molecular weight is 360 g/mol. The van der Waals surface area contributed by atoms with E-state index >= 15 is 0 Å². The first-order valence-electron chi connectivity index (χ1n) is 9.65. The Kier molecular flexibility index (Phi) is 3.89. The molecule has 4 rings (SSSR count). The molecule has 5 heteroatoms. The number of hydrogen-bond donors (Lipinski definition) is 3. The van der Waals surface area contributed by atoms with Crippen LogP contribution in [0.25, 0.3) is 0 Å². The van der Waals surface area contributed by atoms with E-state index in [1.165, 1.54) is 0 Å². The number of rotatable bonds is 2. The molecule has 3 N–H and O–H groups in total. The van der Waals surface area contributed by atoms with Crippen LogP contribution >= 0.6 is 0 Å². The molecule has 0 heterocycles. The minimum absolute atomic E-state index is 0.0873. The van der Waals surface area contributed by atoms with Crippen LogP contribution in [0.5, 0.6) is 0 Å². The van der Waals surface area contributed by atoms with Crippen LogP contribution in [0.1, 0.15) is 46.0 Å². The summed E-state index contributed by atoms with van der Waals surface area (Å²) >= 11 is 0. The first-order chi connectivity index (χ1) is 12.2. The highest BCUT2D eigenvalue weighted by molar-refractivity contribution is 5.92. The number of aliphatic hydroxyl groups is 3. The number of ketones is 2. The molecule has 3 saturated carbocycles. The largest absolute Gasteiger partial charge is 0.388 e. The first kappa shape index (κ1) is 18.1. The van der Waals surface area contributed by atoms with Crippen molar-refractivity contribution in [2.75, 3.05) is 6.61 Å². The molecule has 0 saturated heterocycles. The van der Waals surface area contributed by atoms with E-state index in [4.69, 9.17) is 0 Å². The van der Waals surface area contributed by atoms with Gasteiger partial charge in [-0.3, -0.25) is 9.59 Å². The monoisotopic (exact) mass is 360 g/mol. The van der Waals surface area contributed by atoms with E-state index in [9.17, 15) is 24.9 Å². The molecule has 4 aliphatic rings. The lowest BCUT2D eigenvalue weighted by Gasteiger charge is -2.57. The molecule has 5 nitrogen and oxygen atoms in total. The fourth-order valence-electron chi connectivity index (χ4n) is 6.74. The molecular formula is C21H28O5. The summed E-state index contributed by atoms with van der Waals surface area (Å²) in [6.07, 6.45) is 7.88. The molecule has 3 fully saturated rings. The van der Waals surface area contributed by atoms with Gasteiger partial charge in [-0.1, -0.05) is 37.6 Å². The molecule has 0 bridgehead atoms. The Hall–Kier alpha value is -1.30. The van der Waals surface area contributed by atoms with Gasteiger partial charge in [-0.25, -0.2) is 0 Å². The summed E-state index contributed by atoms with van der Waals surface area (Å²) in [5.74, 6) is -0.435. The van der Waals surface area contributed by atoms with Gasteiger partial charge in [0.2, 0.25) is 0 Å². The first-order valence-corrected chi connectivity index (χ1v) is 9.65. The molecule has 0 aromatic rings. The van der Waals surface area contributed by atoms with Gasteiger partial charge in [0, 0.05) is 23.2 Å². The van der Waals surface area contributed by atoms with Gasteiger partial charge in [-0.15, -0.1) is 0 Å². The Morgan fingerprint density at radius 3 is 2.73 bits per heavy atom. The molecule has 7 atom stereocenters. The maximum absolute atomic E-state index is 13.3. The van der Waals surface area contributed by atoms with Crippen molar-refractivity contribution < 1.29 is 24.9 Å². The summed E-state index contributed by atoms with van der Waals surface area (Å²) < 4.78 is 0. The minimum Gasteiger partial charge on any atom is -0.388 e. The summed E-state index contributed by atoms with van der Waals surface area (Å²) in [4.78, 5) is 25.6. The molecule has 0 aromatic heterocycles. The van der Waals surface area contributed by atoms with Crippen molar-refractivity contribution in [1.82, 2.24) is 0 Å². The van der Waals surface area contributed by atoms with Crippen molar-refractivity contribution in [3.8, 4) is 0 Å². The molecule has 0 amide bonds. The molecule has 26 heavy (non-hydrogen) atoms. The number of hydrogen-bond acceptors (Lipinski definition) is 5. The lowest BCUT2D eigenvalue weighted by atomic mass is 9.46. The lowest BCUT2D eigenvalue weighted by Crippen LogP contribution is -2.60. The van der Waals surface area contributed by atoms with E-state index < -0.39 is 29.5 Å². The number of Topliss-reactive ketones (excluding diaryl/α,β-unsaturated/α-hetero) is 2. The molecule has 1 unspecified atom stereocenters. The standard InChI is InChI=1S/C21H28O5/c1-19-7-5-13(23)9-12(19)3-4-14-15-6-8-21(26,17(25)11-22)20(15,2)10-16(24)18(14)19/h5,7,9,13-15,18,22-23,26H,3-4,6,8,10-11H2,1-2H3/t13?,14-,15-,18+,19-,20-,21-/m0/s1. The van der Waals surface area contributed by atoms with E-state index in [0.717, 1.165) is 18.4 Å². The summed E-state index contributed by atoms with van der Waals surface area (Å²) in [7, 11) is 0. The highest BCUT2D eigenvalue weighted by Gasteiger charge is 2.68. The molecule has 0 radical (unpaired) electrons. The van der Waals surface area contributed by atoms with Crippen LogP contribution in [0.4, 0.5) is 0 Å². The van der Waals surface area contributed by atoms with Crippen LogP contribution in [0, 0.1) is 28.6 Å². The SMILES string of the molecule is C[C@]12C=CC(O)C=C1CC[C@@H]1[C@@H]2C(=O)C[C@@]2(C)[C@H]1CC[C@]2(O)C(=O)CO. The predicted octanol–water partition coefficient (Wildman–Crippen LogP) is 1.56. The summed E-state index contributed by atoms with van der Waals surface area (Å²) in [5.41, 5.74) is -1.67.